The molecule has 10 atom stereocenters. The average molecular weight is 989 g/mol. The van der Waals surface area contributed by atoms with E-state index < -0.39 is 5.97 Å². The summed E-state index contributed by atoms with van der Waals surface area (Å²) in [5, 5.41) is 6.48. The van der Waals surface area contributed by atoms with Gasteiger partial charge in [-0.2, -0.15) is 0 Å². The highest BCUT2D eigenvalue weighted by Crippen LogP contribution is 2.77. The lowest BCUT2D eigenvalue weighted by atomic mass is 9.36. The van der Waals surface area contributed by atoms with Crippen molar-refractivity contribution in [3.8, 4) is 5.75 Å². The molecule has 8 rings (SSSR count). The van der Waals surface area contributed by atoms with Gasteiger partial charge < -0.3 is 29.4 Å². The summed E-state index contributed by atoms with van der Waals surface area (Å²) in [6.45, 7) is 16.9. The number of aromatic nitrogens is 2. The summed E-state index contributed by atoms with van der Waals surface area (Å²) in [4.78, 5) is 45.2. The molecule has 0 bridgehead atoms. The second-order valence-electron chi connectivity index (χ2n) is 21.7. The third kappa shape index (κ3) is 8.12. The fourth-order valence-corrected chi connectivity index (χ4v) is 16.7. The molecule has 3 aromatic rings. The Balaban J connectivity index is 0.926. The first kappa shape index (κ1) is 47.1. The number of hydrogen-bond donors (Lipinski definition) is 2. The number of esters is 1. The molecule has 1 aromatic heterocycles. The number of hydrogen-bond acceptors (Lipinski definition) is 7. The minimum Gasteiger partial charge on any atom is -0.493 e. The summed E-state index contributed by atoms with van der Waals surface area (Å²) in [5.41, 5.74) is 2.82. The van der Waals surface area contributed by atoms with E-state index in [9.17, 15) is 14.4 Å². The van der Waals surface area contributed by atoms with Crippen LogP contribution in [0.25, 0.3) is 0 Å². The molecular formula is C53H73IN4O6. The highest BCUT2D eigenvalue weighted by molar-refractivity contribution is 14.1. The molecule has 0 spiro atoms. The van der Waals surface area contributed by atoms with Crippen molar-refractivity contribution < 1.29 is 28.6 Å². The number of nitrogens with zero attached hydrogens (tertiary/aromatic N) is 2. The van der Waals surface area contributed by atoms with Crippen molar-refractivity contribution in [2.75, 3.05) is 20.8 Å². The number of halogens is 1. The summed E-state index contributed by atoms with van der Waals surface area (Å²) < 4.78 is 19.3. The standard InChI is InChI=1S/C53H73IN4O6/c1-34(2)38-17-22-52(23-24-53(54)40(45(38)52)14-16-43-50(5)20-19-44(62-7)49(3,4)42(50)18-21-51(43,53)6)48(61)57-32-35-11-9-12-37(29-35)46(59)56-31-36-13-15-41(39(30-36)47(60)63-8)64-28-10-26-58-27-25-55-33-58/h9,11-13,15,25,27,29-30,33-34,38,40,42-45H,10,14,16-24,26,28,31-32H2,1-8H3,(H,56,59)(H,57,61). The second-order valence-corrected chi connectivity index (χ2v) is 23.6. The van der Waals surface area contributed by atoms with Gasteiger partial charge >= 0.3 is 5.97 Å². The van der Waals surface area contributed by atoms with E-state index in [0.29, 0.717) is 77.1 Å². The average Bonchev–Trinajstić information content (AvgIpc) is 3.96. The van der Waals surface area contributed by atoms with Crippen LogP contribution in [-0.2, 0) is 33.9 Å². The highest BCUT2D eigenvalue weighted by atomic mass is 127. The van der Waals surface area contributed by atoms with E-state index >= 15 is 0 Å². The van der Waals surface area contributed by atoms with Crippen LogP contribution in [0.15, 0.2) is 61.2 Å². The van der Waals surface area contributed by atoms with Crippen LogP contribution in [0.1, 0.15) is 144 Å². The van der Waals surface area contributed by atoms with Crippen LogP contribution in [-0.4, -0.2) is 57.7 Å². The quantitative estimate of drug-likeness (QED) is 0.0714. The van der Waals surface area contributed by atoms with Crippen LogP contribution < -0.4 is 15.4 Å². The number of carbonyl (C=O) groups is 3. The third-order valence-electron chi connectivity index (χ3n) is 18.2. The van der Waals surface area contributed by atoms with Crippen molar-refractivity contribution in [2.24, 2.45) is 57.2 Å². The number of carbonyl (C=O) groups excluding carboxylic acids is 3. The van der Waals surface area contributed by atoms with Gasteiger partial charge in [-0.15, -0.1) is 0 Å². The molecule has 5 fully saturated rings. The number of nitrogens with one attached hydrogen (secondary N) is 2. The van der Waals surface area contributed by atoms with E-state index in [1.54, 1.807) is 30.7 Å². The van der Waals surface area contributed by atoms with Crippen LogP contribution in [0.4, 0.5) is 0 Å². The van der Waals surface area contributed by atoms with Gasteiger partial charge in [0.1, 0.15) is 11.3 Å². The van der Waals surface area contributed by atoms with E-state index in [4.69, 9.17) is 14.2 Å². The molecule has 2 N–H and O–H groups in total. The number of alkyl halides is 1. The van der Waals surface area contributed by atoms with Gasteiger partial charge in [-0.05, 0) is 158 Å². The molecule has 0 aliphatic heterocycles. The number of imidazole rings is 1. The molecule has 5 saturated carbocycles. The monoisotopic (exact) mass is 988 g/mol. The first-order chi connectivity index (χ1) is 30.5. The van der Waals surface area contributed by atoms with Gasteiger partial charge in [0, 0.05) is 48.1 Å². The Labute approximate surface area is 395 Å². The number of fused-ring (bicyclic) bond motifs is 7. The maximum absolute atomic E-state index is 14.9. The minimum absolute atomic E-state index is 0.162. The molecule has 2 amide bonds. The lowest BCUT2D eigenvalue weighted by Crippen LogP contribution is -2.69. The van der Waals surface area contributed by atoms with Gasteiger partial charge in [0.15, 0.2) is 0 Å². The zero-order valence-corrected chi connectivity index (χ0v) is 41.8. The number of aryl methyl sites for hydroxylation is 1. The molecule has 348 valence electrons. The predicted octanol–water partition coefficient (Wildman–Crippen LogP) is 10.6. The Bertz CT molecular complexity index is 2180. The molecular weight excluding hydrogens is 916 g/mol. The Kier molecular flexibility index (Phi) is 13.5. The van der Waals surface area contributed by atoms with Gasteiger partial charge in [-0.25, -0.2) is 9.78 Å². The Morgan fingerprint density at radius 3 is 2.39 bits per heavy atom. The molecule has 5 aliphatic carbocycles. The maximum atomic E-state index is 14.9. The summed E-state index contributed by atoms with van der Waals surface area (Å²) in [6, 6.07) is 12.9. The lowest BCUT2D eigenvalue weighted by Gasteiger charge is -2.72. The van der Waals surface area contributed by atoms with Crippen molar-refractivity contribution in [1.82, 2.24) is 20.2 Å². The van der Waals surface area contributed by atoms with Gasteiger partial charge in [0.25, 0.3) is 5.91 Å². The molecule has 1 heterocycles. The molecule has 0 saturated heterocycles. The van der Waals surface area contributed by atoms with Crippen LogP contribution in [0, 0.1) is 57.2 Å². The predicted molar refractivity (Wildman–Crippen MR) is 258 cm³/mol. The largest absolute Gasteiger partial charge is 0.493 e. The van der Waals surface area contributed by atoms with Crippen LogP contribution in [0.5, 0.6) is 5.75 Å². The second kappa shape index (κ2) is 18.3. The van der Waals surface area contributed by atoms with E-state index in [1.165, 1.54) is 39.2 Å². The fourth-order valence-electron chi connectivity index (χ4n) is 15.1. The van der Waals surface area contributed by atoms with E-state index in [1.807, 2.05) is 42.1 Å². The van der Waals surface area contributed by atoms with E-state index in [-0.39, 0.29) is 38.0 Å². The molecule has 5 aliphatic rings. The van der Waals surface area contributed by atoms with Crippen molar-refractivity contribution in [3.05, 3.63) is 83.4 Å². The van der Waals surface area contributed by atoms with Crippen molar-refractivity contribution in [3.63, 3.8) is 0 Å². The SMILES string of the molecule is COC(=O)c1cc(CNC(=O)c2cccc(CNC(=O)C34CCC(C(C)C)C3C3CCC5C6(C)CCC(OC)C(C)(C)C6CCC5(C)C3(I)CC4)c2)ccc1OCCCn1ccnc1. The smallest absolute Gasteiger partial charge is 0.341 e. The summed E-state index contributed by atoms with van der Waals surface area (Å²) in [7, 11) is 3.26. The topological polar surface area (TPSA) is 121 Å². The number of methoxy groups -OCH3 is 2. The van der Waals surface area contributed by atoms with Crippen molar-refractivity contribution in [1.29, 1.82) is 0 Å². The van der Waals surface area contributed by atoms with Crippen LogP contribution in [0.3, 0.4) is 0 Å². The summed E-state index contributed by atoms with van der Waals surface area (Å²) in [6.07, 6.45) is 18.0. The molecule has 10 nitrogen and oxygen atoms in total. The van der Waals surface area contributed by atoms with Crippen LogP contribution in [0.2, 0.25) is 0 Å². The molecule has 64 heavy (non-hydrogen) atoms. The van der Waals surface area contributed by atoms with Gasteiger partial charge in [-0.3, -0.25) is 9.59 Å². The minimum atomic E-state index is -0.499. The summed E-state index contributed by atoms with van der Waals surface area (Å²) in [5.74, 6) is 3.22. The van der Waals surface area contributed by atoms with Crippen molar-refractivity contribution >= 4 is 40.4 Å². The van der Waals surface area contributed by atoms with Gasteiger partial charge in [0.05, 0.1) is 31.6 Å². The molecule has 10 unspecified atom stereocenters. The molecule has 0 radical (unpaired) electrons. The normalized spacial score (nSPS) is 33.8. The zero-order chi connectivity index (χ0) is 45.7. The maximum Gasteiger partial charge on any atom is 0.341 e. The van der Waals surface area contributed by atoms with Crippen molar-refractivity contribution in [2.45, 2.75) is 141 Å². The number of amides is 2. The zero-order valence-electron chi connectivity index (χ0n) is 39.6. The molecule has 2 aromatic carbocycles. The van der Waals surface area contributed by atoms with Gasteiger partial charge in [-0.1, -0.05) is 82.3 Å². The number of rotatable bonds is 14. The lowest BCUT2D eigenvalue weighted by molar-refractivity contribution is -0.209. The molecule has 11 heteroatoms. The number of ether oxygens (including phenoxy) is 3. The Hall–Kier alpha value is -3.45. The highest BCUT2D eigenvalue weighted by Gasteiger charge is 2.72. The first-order valence-corrected chi connectivity index (χ1v) is 25.3. The van der Waals surface area contributed by atoms with Crippen LogP contribution >= 0.6 is 22.6 Å². The summed E-state index contributed by atoms with van der Waals surface area (Å²) >= 11 is 2.99. The Morgan fingerprint density at radius 2 is 1.66 bits per heavy atom. The van der Waals surface area contributed by atoms with E-state index in [2.05, 4.69) is 79.8 Å². The fraction of sp³-hybridized carbons (Fsp3) is 0.660. The Morgan fingerprint density at radius 1 is 0.875 bits per heavy atom. The van der Waals surface area contributed by atoms with E-state index in [0.717, 1.165) is 56.2 Å². The van der Waals surface area contributed by atoms with Gasteiger partial charge in [0.2, 0.25) is 5.91 Å². The third-order valence-corrected chi connectivity index (χ3v) is 20.8. The number of benzene rings is 2. The first-order valence-electron chi connectivity index (χ1n) is 24.2.